The Hall–Kier alpha value is -1.81. The second-order valence-corrected chi connectivity index (χ2v) is 6.40. The molecule has 0 aliphatic carbocycles. The van der Waals surface area contributed by atoms with Crippen LogP contribution in [-0.2, 0) is 0 Å². The number of furan rings is 1. The third kappa shape index (κ3) is 2.88. The highest BCUT2D eigenvalue weighted by molar-refractivity contribution is 5.96. The van der Waals surface area contributed by atoms with E-state index in [0.717, 1.165) is 37.0 Å². The number of hydrogen-bond donors (Lipinski definition) is 1. The number of benzene rings is 1. The van der Waals surface area contributed by atoms with E-state index in [-0.39, 0.29) is 5.91 Å². The Balaban J connectivity index is 1.82. The molecule has 1 aliphatic heterocycles. The number of nitrogens with zero attached hydrogens (tertiary/aromatic N) is 1. The van der Waals surface area contributed by atoms with Gasteiger partial charge in [-0.25, -0.2) is 0 Å². The fraction of sp³-hybridized carbons (Fsp3) is 0.500. The second-order valence-electron chi connectivity index (χ2n) is 6.40. The molecule has 1 N–H and O–H groups in total. The molecule has 0 spiro atoms. The molecule has 2 heterocycles. The molecule has 4 heteroatoms. The molecule has 22 heavy (non-hydrogen) atoms. The molecule has 1 saturated heterocycles. The van der Waals surface area contributed by atoms with Gasteiger partial charge in [-0.15, -0.1) is 0 Å². The van der Waals surface area contributed by atoms with Crippen LogP contribution in [0.4, 0.5) is 0 Å². The van der Waals surface area contributed by atoms with Crippen LogP contribution in [-0.4, -0.2) is 37.5 Å². The molecule has 1 fully saturated rings. The molecular weight excluding hydrogens is 276 g/mol. The lowest BCUT2D eigenvalue weighted by atomic mass is 9.98. The minimum Gasteiger partial charge on any atom is -0.451 e. The monoisotopic (exact) mass is 300 g/mol. The molecule has 0 radical (unpaired) electrons. The summed E-state index contributed by atoms with van der Waals surface area (Å²) >= 11 is 0. The summed E-state index contributed by atoms with van der Waals surface area (Å²) in [7, 11) is 1.96. The van der Waals surface area contributed by atoms with Crippen LogP contribution in [0.5, 0.6) is 0 Å². The van der Waals surface area contributed by atoms with Crippen molar-refractivity contribution in [3.63, 3.8) is 0 Å². The number of rotatable bonds is 3. The van der Waals surface area contributed by atoms with Crippen molar-refractivity contribution in [2.24, 2.45) is 5.92 Å². The lowest BCUT2D eigenvalue weighted by Crippen LogP contribution is -2.42. The largest absolute Gasteiger partial charge is 0.451 e. The van der Waals surface area contributed by atoms with Gasteiger partial charge in [-0.1, -0.05) is 0 Å². The minimum atomic E-state index is 0.0207. The zero-order valence-corrected chi connectivity index (χ0v) is 13.6. The number of amides is 1. The van der Waals surface area contributed by atoms with Gasteiger partial charge >= 0.3 is 0 Å². The van der Waals surface area contributed by atoms with Gasteiger partial charge in [0.05, 0.1) is 0 Å². The predicted molar refractivity (Wildman–Crippen MR) is 88.2 cm³/mol. The van der Waals surface area contributed by atoms with Gasteiger partial charge in [0, 0.05) is 18.5 Å². The Kier molecular flexibility index (Phi) is 4.21. The van der Waals surface area contributed by atoms with Gasteiger partial charge in [0.2, 0.25) is 0 Å². The van der Waals surface area contributed by atoms with Crippen molar-refractivity contribution in [2.75, 3.05) is 26.7 Å². The van der Waals surface area contributed by atoms with Crippen LogP contribution in [0, 0.1) is 19.8 Å². The molecule has 0 bridgehead atoms. The van der Waals surface area contributed by atoms with E-state index >= 15 is 0 Å². The lowest BCUT2D eigenvalue weighted by Gasteiger charge is -2.32. The standard InChI is InChI=1S/C18H24N2O2/c1-12-7-15-9-17(22-16(15)8-13(12)2)18(21)20-6-4-5-14(11-20)10-19-3/h7-9,14,19H,4-6,10-11H2,1-3H3. The first-order valence-electron chi connectivity index (χ1n) is 8.03. The molecule has 1 amide bonds. The third-order valence-electron chi connectivity index (χ3n) is 4.64. The van der Waals surface area contributed by atoms with E-state index < -0.39 is 0 Å². The summed E-state index contributed by atoms with van der Waals surface area (Å²) in [5, 5.41) is 4.22. The fourth-order valence-electron chi connectivity index (χ4n) is 3.27. The second kappa shape index (κ2) is 6.13. The maximum Gasteiger partial charge on any atom is 0.289 e. The molecular formula is C18H24N2O2. The van der Waals surface area contributed by atoms with Gasteiger partial charge in [0.15, 0.2) is 5.76 Å². The van der Waals surface area contributed by atoms with E-state index in [0.29, 0.717) is 11.7 Å². The van der Waals surface area contributed by atoms with Crippen LogP contribution >= 0.6 is 0 Å². The molecule has 1 aromatic heterocycles. The summed E-state index contributed by atoms with van der Waals surface area (Å²) in [5.41, 5.74) is 3.21. The smallest absolute Gasteiger partial charge is 0.289 e. The van der Waals surface area contributed by atoms with Crippen LogP contribution in [0.1, 0.15) is 34.5 Å². The van der Waals surface area contributed by atoms with Crippen LogP contribution in [0.25, 0.3) is 11.0 Å². The Bertz CT molecular complexity index is 649. The number of aryl methyl sites for hydroxylation is 2. The summed E-state index contributed by atoms with van der Waals surface area (Å²) in [5.74, 6) is 1.02. The Labute approximate surface area is 131 Å². The first-order chi connectivity index (χ1) is 10.6. The SMILES string of the molecule is CNCC1CCCN(C(=O)c2cc3cc(C)c(C)cc3o2)C1. The van der Waals surface area contributed by atoms with E-state index in [4.69, 9.17) is 4.42 Å². The fourth-order valence-corrected chi connectivity index (χ4v) is 3.27. The zero-order chi connectivity index (χ0) is 15.7. The van der Waals surface area contributed by atoms with Gasteiger partial charge in [-0.2, -0.15) is 0 Å². The number of carbonyl (C=O) groups excluding carboxylic acids is 1. The van der Waals surface area contributed by atoms with Crippen molar-refractivity contribution in [1.82, 2.24) is 10.2 Å². The van der Waals surface area contributed by atoms with Crippen molar-refractivity contribution >= 4 is 16.9 Å². The van der Waals surface area contributed by atoms with E-state index in [1.165, 1.54) is 17.5 Å². The van der Waals surface area contributed by atoms with Crippen LogP contribution in [0.15, 0.2) is 22.6 Å². The third-order valence-corrected chi connectivity index (χ3v) is 4.64. The first kappa shape index (κ1) is 15.1. The zero-order valence-electron chi connectivity index (χ0n) is 13.6. The Morgan fingerprint density at radius 3 is 2.86 bits per heavy atom. The van der Waals surface area contributed by atoms with E-state index in [1.807, 2.05) is 24.1 Å². The molecule has 4 nitrogen and oxygen atoms in total. The topological polar surface area (TPSA) is 45.5 Å². The molecule has 0 saturated carbocycles. The molecule has 118 valence electrons. The Morgan fingerprint density at radius 1 is 1.32 bits per heavy atom. The predicted octanol–water partition coefficient (Wildman–Crippen LogP) is 3.12. The normalized spacial score (nSPS) is 18.9. The first-order valence-corrected chi connectivity index (χ1v) is 8.03. The molecule has 3 rings (SSSR count). The molecule has 2 aromatic rings. The van der Waals surface area contributed by atoms with Gasteiger partial charge in [0.25, 0.3) is 5.91 Å². The summed E-state index contributed by atoms with van der Waals surface area (Å²) in [6.07, 6.45) is 2.25. The quantitative estimate of drug-likeness (QED) is 0.947. The van der Waals surface area contributed by atoms with Crippen molar-refractivity contribution in [3.05, 3.63) is 35.1 Å². The number of fused-ring (bicyclic) bond motifs is 1. The number of nitrogens with one attached hydrogen (secondary N) is 1. The number of carbonyl (C=O) groups is 1. The van der Waals surface area contributed by atoms with Gasteiger partial charge in [-0.05, 0) is 75.5 Å². The van der Waals surface area contributed by atoms with Crippen molar-refractivity contribution in [3.8, 4) is 0 Å². The van der Waals surface area contributed by atoms with Crippen molar-refractivity contribution in [1.29, 1.82) is 0 Å². The number of likely N-dealkylation sites (tertiary alicyclic amines) is 1. The van der Waals surface area contributed by atoms with Gasteiger partial charge in [0.1, 0.15) is 5.58 Å². The Morgan fingerprint density at radius 2 is 2.09 bits per heavy atom. The summed E-state index contributed by atoms with van der Waals surface area (Å²) < 4.78 is 5.81. The van der Waals surface area contributed by atoms with Crippen molar-refractivity contribution in [2.45, 2.75) is 26.7 Å². The summed E-state index contributed by atoms with van der Waals surface area (Å²) in [6, 6.07) is 5.98. The maximum atomic E-state index is 12.7. The van der Waals surface area contributed by atoms with E-state index in [9.17, 15) is 4.79 Å². The molecule has 1 atom stereocenters. The van der Waals surface area contributed by atoms with Crippen LogP contribution in [0.2, 0.25) is 0 Å². The van der Waals surface area contributed by atoms with Crippen molar-refractivity contribution < 1.29 is 9.21 Å². The average Bonchev–Trinajstić information content (AvgIpc) is 2.90. The highest BCUT2D eigenvalue weighted by Crippen LogP contribution is 2.25. The minimum absolute atomic E-state index is 0.0207. The lowest BCUT2D eigenvalue weighted by molar-refractivity contribution is 0.0644. The van der Waals surface area contributed by atoms with E-state index in [1.54, 1.807) is 0 Å². The summed E-state index contributed by atoms with van der Waals surface area (Å²) in [4.78, 5) is 14.6. The number of piperidine rings is 1. The highest BCUT2D eigenvalue weighted by atomic mass is 16.3. The maximum absolute atomic E-state index is 12.7. The highest BCUT2D eigenvalue weighted by Gasteiger charge is 2.26. The van der Waals surface area contributed by atoms with Crippen LogP contribution < -0.4 is 5.32 Å². The van der Waals surface area contributed by atoms with Gasteiger partial charge < -0.3 is 14.6 Å². The molecule has 1 aliphatic rings. The van der Waals surface area contributed by atoms with Crippen LogP contribution in [0.3, 0.4) is 0 Å². The molecule has 1 unspecified atom stereocenters. The molecule has 1 aromatic carbocycles. The van der Waals surface area contributed by atoms with E-state index in [2.05, 4.69) is 25.2 Å². The average molecular weight is 300 g/mol. The summed E-state index contributed by atoms with van der Waals surface area (Å²) in [6.45, 7) is 6.74. The van der Waals surface area contributed by atoms with Gasteiger partial charge in [-0.3, -0.25) is 4.79 Å². The number of hydrogen-bond acceptors (Lipinski definition) is 3.